The third-order valence-electron chi connectivity index (χ3n) is 2.64. The standard InChI is InChI=1S/C13H12N2O3S/c1-8-13(19-7-14-8)15(18)12(17)11-6-4-3-5-10(11)9(2)16/h3-7,18H,1-2H3. The molecule has 1 aromatic carbocycles. The highest BCUT2D eigenvalue weighted by Gasteiger charge is 2.22. The number of carbonyl (C=O) groups excluding carboxylic acids is 2. The minimum atomic E-state index is -0.641. The first-order valence-electron chi connectivity index (χ1n) is 5.55. The van der Waals surface area contributed by atoms with Crippen molar-refractivity contribution in [2.45, 2.75) is 13.8 Å². The number of hydrogen-bond donors (Lipinski definition) is 1. The number of Topliss-reactive ketones (excluding diaryl/α,β-unsaturated/α-hetero) is 1. The Morgan fingerprint density at radius 1 is 1.26 bits per heavy atom. The van der Waals surface area contributed by atoms with E-state index >= 15 is 0 Å². The fourth-order valence-electron chi connectivity index (χ4n) is 1.68. The molecular weight excluding hydrogens is 264 g/mol. The van der Waals surface area contributed by atoms with Crippen LogP contribution >= 0.6 is 11.3 Å². The maximum atomic E-state index is 12.2. The summed E-state index contributed by atoms with van der Waals surface area (Å²) in [7, 11) is 0. The summed E-state index contributed by atoms with van der Waals surface area (Å²) < 4.78 is 0. The molecule has 1 heterocycles. The summed E-state index contributed by atoms with van der Waals surface area (Å²) in [4.78, 5) is 27.7. The molecule has 98 valence electrons. The lowest BCUT2D eigenvalue weighted by molar-refractivity contribution is 0.0850. The van der Waals surface area contributed by atoms with Gasteiger partial charge in [-0.2, -0.15) is 5.06 Å². The molecular formula is C13H12N2O3S. The van der Waals surface area contributed by atoms with Gasteiger partial charge in [0.15, 0.2) is 5.78 Å². The summed E-state index contributed by atoms with van der Waals surface area (Å²) in [5.41, 5.74) is 2.55. The molecule has 19 heavy (non-hydrogen) atoms. The van der Waals surface area contributed by atoms with E-state index < -0.39 is 5.91 Å². The molecule has 0 unspecified atom stereocenters. The maximum Gasteiger partial charge on any atom is 0.283 e. The molecule has 0 aliphatic heterocycles. The number of carbonyl (C=O) groups is 2. The Morgan fingerprint density at radius 2 is 1.89 bits per heavy atom. The van der Waals surface area contributed by atoms with E-state index in [1.807, 2.05) is 0 Å². The topological polar surface area (TPSA) is 70.5 Å². The second-order valence-electron chi connectivity index (χ2n) is 3.96. The Balaban J connectivity index is 2.40. The van der Waals surface area contributed by atoms with Gasteiger partial charge in [-0.05, 0) is 19.9 Å². The van der Waals surface area contributed by atoms with E-state index in [1.54, 1.807) is 25.1 Å². The first kappa shape index (κ1) is 13.4. The molecule has 0 fully saturated rings. The van der Waals surface area contributed by atoms with Crippen molar-refractivity contribution in [2.24, 2.45) is 0 Å². The van der Waals surface area contributed by atoms with Crippen LogP contribution in [-0.4, -0.2) is 21.9 Å². The van der Waals surface area contributed by atoms with Gasteiger partial charge in [0.1, 0.15) is 5.00 Å². The second-order valence-corrected chi connectivity index (χ2v) is 4.79. The van der Waals surface area contributed by atoms with Gasteiger partial charge in [-0.25, -0.2) is 4.98 Å². The molecule has 0 bridgehead atoms. The number of aromatic nitrogens is 1. The van der Waals surface area contributed by atoms with Crippen molar-refractivity contribution in [2.75, 3.05) is 5.06 Å². The van der Waals surface area contributed by atoms with Crippen LogP contribution in [0, 0.1) is 6.92 Å². The summed E-state index contributed by atoms with van der Waals surface area (Å²) >= 11 is 1.15. The van der Waals surface area contributed by atoms with E-state index in [4.69, 9.17) is 0 Å². The van der Waals surface area contributed by atoms with Crippen LogP contribution < -0.4 is 5.06 Å². The van der Waals surface area contributed by atoms with E-state index in [-0.39, 0.29) is 16.9 Å². The Hall–Kier alpha value is -2.05. The molecule has 1 aromatic heterocycles. The van der Waals surface area contributed by atoms with Gasteiger partial charge in [0.2, 0.25) is 0 Å². The van der Waals surface area contributed by atoms with Crippen molar-refractivity contribution in [1.82, 2.24) is 4.98 Å². The highest BCUT2D eigenvalue weighted by Crippen LogP contribution is 2.25. The van der Waals surface area contributed by atoms with Crippen molar-refractivity contribution in [3.63, 3.8) is 0 Å². The number of amides is 1. The molecule has 0 saturated carbocycles. The quantitative estimate of drug-likeness (QED) is 0.531. The maximum absolute atomic E-state index is 12.2. The average Bonchev–Trinajstić information content (AvgIpc) is 2.83. The fraction of sp³-hybridized carbons (Fsp3) is 0.154. The lowest BCUT2D eigenvalue weighted by Gasteiger charge is -2.14. The van der Waals surface area contributed by atoms with Crippen LogP contribution in [0.4, 0.5) is 5.00 Å². The van der Waals surface area contributed by atoms with Crippen molar-refractivity contribution in [3.05, 3.63) is 46.6 Å². The average molecular weight is 276 g/mol. The van der Waals surface area contributed by atoms with Crippen LogP contribution in [0.15, 0.2) is 29.8 Å². The highest BCUT2D eigenvalue weighted by molar-refractivity contribution is 7.14. The van der Waals surface area contributed by atoms with Gasteiger partial charge in [0.25, 0.3) is 5.91 Å². The first-order valence-corrected chi connectivity index (χ1v) is 6.43. The Morgan fingerprint density at radius 3 is 2.42 bits per heavy atom. The van der Waals surface area contributed by atoms with Crippen LogP contribution in [-0.2, 0) is 0 Å². The predicted molar refractivity (Wildman–Crippen MR) is 71.9 cm³/mol. The number of hydroxylamine groups is 1. The molecule has 0 radical (unpaired) electrons. The van der Waals surface area contributed by atoms with Crippen molar-refractivity contribution >= 4 is 28.0 Å². The highest BCUT2D eigenvalue weighted by atomic mass is 32.1. The van der Waals surface area contributed by atoms with Crippen LogP contribution in [0.3, 0.4) is 0 Å². The lowest BCUT2D eigenvalue weighted by Crippen LogP contribution is -2.28. The largest absolute Gasteiger partial charge is 0.294 e. The summed E-state index contributed by atoms with van der Waals surface area (Å²) in [6.45, 7) is 3.07. The molecule has 1 N–H and O–H groups in total. The number of anilines is 1. The number of nitrogens with zero attached hydrogens (tertiary/aromatic N) is 2. The van der Waals surface area contributed by atoms with E-state index in [0.717, 1.165) is 11.3 Å². The van der Waals surface area contributed by atoms with Gasteiger partial charge in [-0.15, -0.1) is 11.3 Å². The summed E-state index contributed by atoms with van der Waals surface area (Å²) in [6, 6.07) is 6.39. The van der Waals surface area contributed by atoms with Crippen LogP contribution in [0.2, 0.25) is 0 Å². The van der Waals surface area contributed by atoms with Crippen molar-refractivity contribution < 1.29 is 14.8 Å². The Bertz CT molecular complexity index is 636. The summed E-state index contributed by atoms with van der Waals surface area (Å²) in [5, 5.41) is 10.8. The number of aryl methyl sites for hydroxylation is 1. The number of hydrogen-bond acceptors (Lipinski definition) is 5. The number of benzene rings is 1. The van der Waals surface area contributed by atoms with Crippen molar-refractivity contribution in [3.8, 4) is 0 Å². The number of rotatable bonds is 3. The zero-order valence-electron chi connectivity index (χ0n) is 10.5. The van der Waals surface area contributed by atoms with E-state index in [0.29, 0.717) is 15.8 Å². The van der Waals surface area contributed by atoms with Gasteiger partial charge in [0, 0.05) is 5.56 Å². The molecule has 1 amide bonds. The smallest absolute Gasteiger partial charge is 0.283 e. The monoisotopic (exact) mass is 276 g/mol. The minimum Gasteiger partial charge on any atom is -0.294 e. The molecule has 0 saturated heterocycles. The minimum absolute atomic E-state index is 0.172. The number of ketones is 1. The van der Waals surface area contributed by atoms with E-state index in [2.05, 4.69) is 4.98 Å². The molecule has 0 aliphatic rings. The van der Waals surface area contributed by atoms with Gasteiger partial charge in [-0.1, -0.05) is 18.2 Å². The fourth-order valence-corrected chi connectivity index (χ4v) is 2.40. The third kappa shape index (κ3) is 2.54. The zero-order valence-corrected chi connectivity index (χ0v) is 11.3. The normalized spacial score (nSPS) is 10.3. The van der Waals surface area contributed by atoms with E-state index in [1.165, 1.54) is 18.5 Å². The molecule has 6 heteroatoms. The summed E-state index contributed by atoms with van der Waals surface area (Å²) in [6.07, 6.45) is 0. The van der Waals surface area contributed by atoms with Crippen LogP contribution in [0.5, 0.6) is 0 Å². The lowest BCUT2D eigenvalue weighted by atomic mass is 10.0. The number of thiazole rings is 1. The third-order valence-corrected chi connectivity index (χ3v) is 3.54. The van der Waals surface area contributed by atoms with Crippen LogP contribution in [0.1, 0.15) is 33.3 Å². The molecule has 0 atom stereocenters. The second kappa shape index (κ2) is 5.29. The molecule has 2 rings (SSSR count). The molecule has 5 nitrogen and oxygen atoms in total. The Kier molecular flexibility index (Phi) is 3.73. The SMILES string of the molecule is CC(=O)c1ccccc1C(=O)N(O)c1scnc1C. The van der Waals surface area contributed by atoms with Gasteiger partial charge < -0.3 is 0 Å². The van der Waals surface area contributed by atoms with Gasteiger partial charge in [-0.3, -0.25) is 14.8 Å². The molecule has 2 aromatic rings. The zero-order chi connectivity index (χ0) is 14.0. The van der Waals surface area contributed by atoms with Crippen LogP contribution in [0.25, 0.3) is 0 Å². The van der Waals surface area contributed by atoms with E-state index in [9.17, 15) is 14.8 Å². The first-order chi connectivity index (χ1) is 9.02. The van der Waals surface area contributed by atoms with Crippen molar-refractivity contribution in [1.29, 1.82) is 0 Å². The molecule has 0 spiro atoms. The van der Waals surface area contributed by atoms with Gasteiger partial charge >= 0.3 is 0 Å². The predicted octanol–water partition coefficient (Wildman–Crippen LogP) is 2.69. The Labute approximate surface area is 114 Å². The molecule has 0 aliphatic carbocycles. The summed E-state index contributed by atoms with van der Waals surface area (Å²) in [5.74, 6) is -0.864. The van der Waals surface area contributed by atoms with Gasteiger partial charge in [0.05, 0.1) is 16.8 Å².